The Hall–Kier alpha value is -1.23. The zero-order chi connectivity index (χ0) is 9.80. The van der Waals surface area contributed by atoms with E-state index in [4.69, 9.17) is 4.52 Å². The van der Waals surface area contributed by atoms with Gasteiger partial charge in [0.25, 0.3) is 0 Å². The number of carbonyl (C=O) groups is 1. The first-order valence-corrected chi connectivity index (χ1v) is 4.87. The van der Waals surface area contributed by atoms with E-state index < -0.39 is 0 Å². The van der Waals surface area contributed by atoms with Gasteiger partial charge < -0.3 is 14.6 Å². The fourth-order valence-electron chi connectivity index (χ4n) is 1.67. The molecular formula is C9H13N3O2. The molecule has 0 saturated carbocycles. The summed E-state index contributed by atoms with van der Waals surface area (Å²) < 4.78 is 5.02. The normalized spacial score (nSPS) is 21.3. The molecule has 2 rings (SSSR count). The predicted octanol–water partition coefficient (Wildman–Crippen LogP) is 0.105. The number of aromatic nitrogens is 2. The van der Waals surface area contributed by atoms with Gasteiger partial charge in [0.2, 0.25) is 5.89 Å². The third-order valence-corrected chi connectivity index (χ3v) is 2.36. The maximum atomic E-state index is 10.2. The van der Waals surface area contributed by atoms with E-state index in [1.54, 1.807) is 0 Å². The van der Waals surface area contributed by atoms with Crippen LogP contribution >= 0.6 is 0 Å². The highest BCUT2D eigenvalue weighted by molar-refractivity contribution is 5.52. The van der Waals surface area contributed by atoms with E-state index in [1.165, 1.54) is 6.42 Å². The van der Waals surface area contributed by atoms with Crippen molar-refractivity contribution in [3.05, 3.63) is 11.7 Å². The molecule has 0 aliphatic carbocycles. The zero-order valence-corrected chi connectivity index (χ0v) is 7.90. The third kappa shape index (κ3) is 2.17. The quantitative estimate of drug-likeness (QED) is 0.690. The average molecular weight is 195 g/mol. The Morgan fingerprint density at radius 2 is 2.57 bits per heavy atom. The molecule has 1 unspecified atom stereocenters. The van der Waals surface area contributed by atoms with Gasteiger partial charge in [-0.2, -0.15) is 4.98 Å². The monoisotopic (exact) mass is 195 g/mol. The summed E-state index contributed by atoms with van der Waals surface area (Å²) in [6, 6.07) is 0.458. The summed E-state index contributed by atoms with van der Waals surface area (Å²) in [5.74, 6) is 1.11. The van der Waals surface area contributed by atoms with Crippen molar-refractivity contribution >= 4 is 6.29 Å². The maximum absolute atomic E-state index is 10.2. The van der Waals surface area contributed by atoms with E-state index in [-0.39, 0.29) is 6.42 Å². The van der Waals surface area contributed by atoms with Crippen molar-refractivity contribution in [3.8, 4) is 0 Å². The molecule has 0 radical (unpaired) electrons. The van der Waals surface area contributed by atoms with Crippen LogP contribution in [0, 0.1) is 0 Å². The van der Waals surface area contributed by atoms with E-state index in [1.807, 2.05) is 0 Å². The second-order valence-electron chi connectivity index (χ2n) is 3.47. The molecule has 1 aromatic heterocycles. The minimum absolute atomic E-state index is 0.238. The lowest BCUT2D eigenvalue weighted by Crippen LogP contribution is -2.23. The highest BCUT2D eigenvalue weighted by Gasteiger charge is 2.17. The summed E-state index contributed by atoms with van der Waals surface area (Å²) >= 11 is 0. The van der Waals surface area contributed by atoms with E-state index in [2.05, 4.69) is 15.5 Å². The van der Waals surface area contributed by atoms with Crippen LogP contribution in [0.4, 0.5) is 0 Å². The van der Waals surface area contributed by atoms with Crippen LogP contribution in [-0.2, 0) is 17.6 Å². The first-order chi connectivity index (χ1) is 6.88. The molecule has 1 fully saturated rings. The number of rotatable bonds is 4. The van der Waals surface area contributed by atoms with E-state index in [0.29, 0.717) is 17.8 Å². The summed E-state index contributed by atoms with van der Waals surface area (Å²) in [6.07, 6.45) is 4.15. The molecule has 1 aliphatic rings. The SMILES string of the molecule is O=CCc1noc(CC2CCCN2)n1. The third-order valence-electron chi connectivity index (χ3n) is 2.36. The highest BCUT2D eigenvalue weighted by atomic mass is 16.5. The van der Waals surface area contributed by atoms with Crippen molar-refractivity contribution in [1.82, 2.24) is 15.5 Å². The molecular weight excluding hydrogens is 182 g/mol. The van der Waals surface area contributed by atoms with Crippen molar-refractivity contribution in [2.45, 2.75) is 31.7 Å². The minimum Gasteiger partial charge on any atom is -0.339 e. The van der Waals surface area contributed by atoms with Crippen molar-refractivity contribution < 1.29 is 9.32 Å². The summed E-state index contributed by atoms with van der Waals surface area (Å²) in [7, 11) is 0. The largest absolute Gasteiger partial charge is 0.339 e. The Kier molecular flexibility index (Phi) is 2.88. The molecule has 5 nitrogen and oxygen atoms in total. The maximum Gasteiger partial charge on any atom is 0.228 e. The van der Waals surface area contributed by atoms with Crippen molar-refractivity contribution in [2.24, 2.45) is 0 Å². The fraction of sp³-hybridized carbons (Fsp3) is 0.667. The molecule has 1 aliphatic heterocycles. The summed E-state index contributed by atoms with van der Waals surface area (Å²) in [6.45, 7) is 1.07. The topological polar surface area (TPSA) is 68.0 Å². The molecule has 0 amide bonds. The fourth-order valence-corrected chi connectivity index (χ4v) is 1.67. The van der Waals surface area contributed by atoms with Crippen LogP contribution in [-0.4, -0.2) is 29.0 Å². The second kappa shape index (κ2) is 4.32. The molecule has 5 heteroatoms. The molecule has 76 valence electrons. The highest BCUT2D eigenvalue weighted by Crippen LogP contribution is 2.10. The van der Waals surface area contributed by atoms with E-state index >= 15 is 0 Å². The van der Waals surface area contributed by atoms with E-state index in [9.17, 15) is 4.79 Å². The van der Waals surface area contributed by atoms with Gasteiger partial charge in [0.15, 0.2) is 5.82 Å². The number of nitrogens with one attached hydrogen (secondary N) is 1. The van der Waals surface area contributed by atoms with Crippen LogP contribution in [0.3, 0.4) is 0 Å². The van der Waals surface area contributed by atoms with Crippen LogP contribution in [0.15, 0.2) is 4.52 Å². The molecule has 14 heavy (non-hydrogen) atoms. The summed E-state index contributed by atoms with van der Waals surface area (Å²) in [5, 5.41) is 7.05. The second-order valence-corrected chi connectivity index (χ2v) is 3.47. The molecule has 1 aromatic rings. The first kappa shape index (κ1) is 9.33. The van der Waals surface area contributed by atoms with Gasteiger partial charge in [-0.3, -0.25) is 0 Å². The Morgan fingerprint density at radius 3 is 3.29 bits per heavy atom. The van der Waals surface area contributed by atoms with E-state index in [0.717, 1.165) is 25.7 Å². The summed E-state index contributed by atoms with van der Waals surface area (Å²) in [5.41, 5.74) is 0. The van der Waals surface area contributed by atoms with Gasteiger partial charge in [0.05, 0.1) is 6.42 Å². The lowest BCUT2D eigenvalue weighted by molar-refractivity contribution is -0.107. The molecule has 0 aromatic carbocycles. The minimum atomic E-state index is 0.238. The standard InChI is InChI=1S/C9H13N3O2/c13-5-3-8-11-9(14-12-8)6-7-2-1-4-10-7/h5,7,10H,1-4,6H2. The summed E-state index contributed by atoms with van der Waals surface area (Å²) in [4.78, 5) is 14.3. The Morgan fingerprint density at radius 1 is 1.64 bits per heavy atom. The van der Waals surface area contributed by atoms with Gasteiger partial charge in [-0.1, -0.05) is 5.16 Å². The molecule has 2 heterocycles. The zero-order valence-electron chi connectivity index (χ0n) is 7.90. The molecule has 0 spiro atoms. The van der Waals surface area contributed by atoms with Gasteiger partial charge >= 0.3 is 0 Å². The lowest BCUT2D eigenvalue weighted by Gasteiger charge is -2.04. The van der Waals surface area contributed by atoms with Gasteiger partial charge in [0, 0.05) is 12.5 Å². The van der Waals surface area contributed by atoms with Gasteiger partial charge in [-0.15, -0.1) is 0 Å². The first-order valence-electron chi connectivity index (χ1n) is 4.87. The Balaban J connectivity index is 1.91. The molecule has 1 saturated heterocycles. The average Bonchev–Trinajstić information content (AvgIpc) is 2.79. The Bertz CT molecular complexity index is 305. The predicted molar refractivity (Wildman–Crippen MR) is 48.8 cm³/mol. The van der Waals surface area contributed by atoms with Crippen LogP contribution in [0.25, 0.3) is 0 Å². The van der Waals surface area contributed by atoms with Crippen LogP contribution in [0.2, 0.25) is 0 Å². The van der Waals surface area contributed by atoms with Gasteiger partial charge in [-0.25, -0.2) is 0 Å². The van der Waals surface area contributed by atoms with Crippen molar-refractivity contribution in [3.63, 3.8) is 0 Å². The number of hydrogen-bond donors (Lipinski definition) is 1. The van der Waals surface area contributed by atoms with Gasteiger partial charge in [-0.05, 0) is 19.4 Å². The van der Waals surface area contributed by atoms with Crippen molar-refractivity contribution in [1.29, 1.82) is 0 Å². The number of hydrogen-bond acceptors (Lipinski definition) is 5. The van der Waals surface area contributed by atoms with Crippen LogP contribution in [0.1, 0.15) is 24.6 Å². The number of carbonyl (C=O) groups excluding carboxylic acids is 1. The van der Waals surface area contributed by atoms with Crippen LogP contribution < -0.4 is 5.32 Å². The lowest BCUT2D eigenvalue weighted by atomic mass is 10.1. The molecule has 1 N–H and O–H groups in total. The molecule has 0 bridgehead atoms. The Labute approximate surface area is 81.9 Å². The molecule has 1 atom stereocenters. The van der Waals surface area contributed by atoms with Gasteiger partial charge in [0.1, 0.15) is 6.29 Å². The number of nitrogens with zero attached hydrogens (tertiary/aromatic N) is 2. The smallest absolute Gasteiger partial charge is 0.228 e. The van der Waals surface area contributed by atoms with Crippen LogP contribution in [0.5, 0.6) is 0 Å². The van der Waals surface area contributed by atoms with Crippen molar-refractivity contribution in [2.75, 3.05) is 6.54 Å². The number of aldehydes is 1.